The molecule has 2 fully saturated rings. The van der Waals surface area contributed by atoms with Crippen LogP contribution in [0.15, 0.2) is 0 Å². The van der Waals surface area contributed by atoms with Crippen molar-refractivity contribution in [3.05, 3.63) is 0 Å². The molecule has 1 saturated heterocycles. The molecule has 1 saturated carbocycles. The minimum Gasteiger partial charge on any atom is -0.378 e. The van der Waals surface area contributed by atoms with Gasteiger partial charge in [0.2, 0.25) is 0 Å². The van der Waals surface area contributed by atoms with Crippen LogP contribution in [0.3, 0.4) is 0 Å². The van der Waals surface area contributed by atoms with Gasteiger partial charge < -0.3 is 20.1 Å². The second kappa shape index (κ2) is 8.65. The molecule has 6 heteroatoms. The Morgan fingerprint density at radius 1 is 1.22 bits per heavy atom. The topological polar surface area (TPSA) is 59.6 Å². The number of carbonyl (C=O) groups excluding carboxylic acids is 1. The Bertz CT molecular complexity index is 382. The van der Waals surface area contributed by atoms with Gasteiger partial charge in [-0.25, -0.2) is 0 Å². The minimum atomic E-state index is -0.658. The lowest BCUT2D eigenvalue weighted by molar-refractivity contribution is -0.163. The number of nitrogens with one attached hydrogen (secondary N) is 2. The summed E-state index contributed by atoms with van der Waals surface area (Å²) in [4.78, 5) is 12.8. The second-order valence-electron chi connectivity index (χ2n) is 6.59. The molecule has 136 valence electrons. The SMILES string of the molecule is CCOC1CC(NC(=O)C2(OC)CCNCC2)C1(CC)CC.Cl. The lowest BCUT2D eigenvalue weighted by atomic mass is 9.58. The number of hydrogen-bond acceptors (Lipinski definition) is 4. The van der Waals surface area contributed by atoms with Gasteiger partial charge in [-0.1, -0.05) is 13.8 Å². The highest BCUT2D eigenvalue weighted by molar-refractivity contribution is 5.86. The van der Waals surface area contributed by atoms with Crippen molar-refractivity contribution in [2.75, 3.05) is 26.8 Å². The molecule has 0 spiro atoms. The predicted molar refractivity (Wildman–Crippen MR) is 94.1 cm³/mol. The van der Waals surface area contributed by atoms with Crippen LogP contribution < -0.4 is 10.6 Å². The fraction of sp³-hybridized carbons (Fsp3) is 0.941. The average molecular weight is 349 g/mol. The van der Waals surface area contributed by atoms with Crippen molar-refractivity contribution >= 4 is 18.3 Å². The maximum absolute atomic E-state index is 12.8. The molecule has 0 radical (unpaired) electrons. The Kier molecular flexibility index (Phi) is 7.78. The Hall–Kier alpha value is -0.360. The van der Waals surface area contributed by atoms with Gasteiger partial charge in [-0.2, -0.15) is 0 Å². The van der Waals surface area contributed by atoms with Gasteiger partial charge in [-0.15, -0.1) is 12.4 Å². The number of methoxy groups -OCH3 is 1. The third kappa shape index (κ3) is 3.68. The van der Waals surface area contributed by atoms with Crippen LogP contribution in [0.25, 0.3) is 0 Å². The molecule has 5 nitrogen and oxygen atoms in total. The Balaban J connectivity index is 0.00000264. The van der Waals surface area contributed by atoms with E-state index in [0.717, 1.165) is 51.8 Å². The highest BCUT2D eigenvalue weighted by atomic mass is 35.5. The van der Waals surface area contributed by atoms with E-state index in [1.807, 2.05) is 6.92 Å². The maximum Gasteiger partial charge on any atom is 0.252 e. The van der Waals surface area contributed by atoms with Gasteiger partial charge in [-0.05, 0) is 52.1 Å². The molecule has 1 aliphatic carbocycles. The quantitative estimate of drug-likeness (QED) is 0.741. The second-order valence-corrected chi connectivity index (χ2v) is 6.59. The molecule has 2 atom stereocenters. The van der Waals surface area contributed by atoms with E-state index in [9.17, 15) is 4.79 Å². The molecule has 1 amide bonds. The summed E-state index contributed by atoms with van der Waals surface area (Å²) in [5.41, 5.74) is -0.581. The highest BCUT2D eigenvalue weighted by Gasteiger charge is 2.55. The molecule has 2 rings (SSSR count). The number of amides is 1. The molecule has 23 heavy (non-hydrogen) atoms. The number of rotatable bonds is 7. The van der Waals surface area contributed by atoms with Crippen molar-refractivity contribution < 1.29 is 14.3 Å². The van der Waals surface area contributed by atoms with Gasteiger partial charge in [0.15, 0.2) is 0 Å². The lowest BCUT2D eigenvalue weighted by Gasteiger charge is -2.56. The Labute approximate surface area is 146 Å². The molecule has 0 aromatic heterocycles. The third-order valence-corrected chi connectivity index (χ3v) is 5.99. The molecule has 2 N–H and O–H groups in total. The largest absolute Gasteiger partial charge is 0.378 e. The maximum atomic E-state index is 12.8. The number of piperidine rings is 1. The highest BCUT2D eigenvalue weighted by Crippen LogP contribution is 2.49. The predicted octanol–water partition coefficient (Wildman–Crippen LogP) is 2.28. The molecular weight excluding hydrogens is 316 g/mol. The molecule has 2 aliphatic rings. The summed E-state index contributed by atoms with van der Waals surface area (Å²) in [5, 5.41) is 6.58. The summed E-state index contributed by atoms with van der Waals surface area (Å²) in [6.07, 6.45) is 4.72. The van der Waals surface area contributed by atoms with E-state index in [1.165, 1.54) is 0 Å². The first kappa shape index (κ1) is 20.7. The van der Waals surface area contributed by atoms with Gasteiger partial charge in [0, 0.05) is 25.2 Å². The van der Waals surface area contributed by atoms with Crippen LogP contribution in [0.4, 0.5) is 0 Å². The van der Waals surface area contributed by atoms with Crippen LogP contribution in [0.1, 0.15) is 52.9 Å². The first-order chi connectivity index (χ1) is 10.6. The summed E-state index contributed by atoms with van der Waals surface area (Å²) in [7, 11) is 1.65. The fourth-order valence-corrected chi connectivity index (χ4v) is 4.23. The number of ether oxygens (including phenoxy) is 2. The van der Waals surface area contributed by atoms with E-state index in [2.05, 4.69) is 24.5 Å². The van der Waals surface area contributed by atoms with E-state index in [4.69, 9.17) is 9.47 Å². The molecular formula is C17H33ClN2O3. The van der Waals surface area contributed by atoms with Crippen molar-refractivity contribution in [2.24, 2.45) is 5.41 Å². The molecule has 0 aromatic carbocycles. The average Bonchev–Trinajstić information content (AvgIpc) is 2.55. The summed E-state index contributed by atoms with van der Waals surface area (Å²) < 4.78 is 11.5. The standard InChI is InChI=1S/C17H32N2O3.ClH/c1-5-16(6-2)13(12-14(16)22-7-3)19-15(20)17(21-4)8-10-18-11-9-17;/h13-14,18H,5-12H2,1-4H3,(H,19,20);1H. The zero-order valence-corrected chi connectivity index (χ0v) is 15.8. The monoisotopic (exact) mass is 348 g/mol. The van der Waals surface area contributed by atoms with Gasteiger partial charge in [-0.3, -0.25) is 4.79 Å². The van der Waals surface area contributed by atoms with E-state index >= 15 is 0 Å². The Morgan fingerprint density at radius 3 is 2.30 bits per heavy atom. The summed E-state index contributed by atoms with van der Waals surface area (Å²) in [6.45, 7) is 8.84. The van der Waals surface area contributed by atoms with Gasteiger partial charge in [0.25, 0.3) is 5.91 Å². The lowest BCUT2D eigenvalue weighted by Crippen LogP contribution is -2.67. The van der Waals surface area contributed by atoms with Gasteiger partial charge in [0.05, 0.1) is 6.10 Å². The van der Waals surface area contributed by atoms with Crippen molar-refractivity contribution in [1.82, 2.24) is 10.6 Å². The molecule has 1 heterocycles. The third-order valence-electron chi connectivity index (χ3n) is 5.99. The van der Waals surface area contributed by atoms with Crippen LogP contribution in [0.5, 0.6) is 0 Å². The van der Waals surface area contributed by atoms with Gasteiger partial charge >= 0.3 is 0 Å². The normalized spacial score (nSPS) is 28.3. The first-order valence-corrected chi connectivity index (χ1v) is 8.77. The van der Waals surface area contributed by atoms with Crippen molar-refractivity contribution in [3.63, 3.8) is 0 Å². The van der Waals surface area contributed by atoms with Crippen molar-refractivity contribution in [1.29, 1.82) is 0 Å². The van der Waals surface area contributed by atoms with E-state index < -0.39 is 5.60 Å². The van der Waals surface area contributed by atoms with Crippen LogP contribution in [-0.4, -0.2) is 50.5 Å². The summed E-state index contributed by atoms with van der Waals surface area (Å²) in [5.74, 6) is 0.0581. The van der Waals surface area contributed by atoms with Crippen LogP contribution in [0, 0.1) is 5.41 Å². The van der Waals surface area contributed by atoms with Gasteiger partial charge in [0.1, 0.15) is 5.60 Å². The minimum absolute atomic E-state index is 0. The van der Waals surface area contributed by atoms with E-state index in [1.54, 1.807) is 7.11 Å². The molecule has 0 aromatic rings. The van der Waals surface area contributed by atoms with Crippen LogP contribution in [-0.2, 0) is 14.3 Å². The zero-order chi connectivity index (χ0) is 16.2. The number of carbonyl (C=O) groups is 1. The Morgan fingerprint density at radius 2 is 1.83 bits per heavy atom. The molecule has 0 bridgehead atoms. The van der Waals surface area contributed by atoms with Crippen molar-refractivity contribution in [2.45, 2.75) is 70.6 Å². The van der Waals surface area contributed by atoms with Crippen molar-refractivity contribution in [3.8, 4) is 0 Å². The number of halogens is 1. The molecule has 2 unspecified atom stereocenters. The smallest absolute Gasteiger partial charge is 0.252 e. The van der Waals surface area contributed by atoms with E-state index in [0.29, 0.717) is 0 Å². The zero-order valence-electron chi connectivity index (χ0n) is 14.9. The number of hydrogen-bond donors (Lipinski definition) is 2. The van der Waals surface area contributed by atoms with Crippen LogP contribution >= 0.6 is 12.4 Å². The van der Waals surface area contributed by atoms with Crippen LogP contribution in [0.2, 0.25) is 0 Å². The van der Waals surface area contributed by atoms with E-state index in [-0.39, 0.29) is 35.9 Å². The summed E-state index contributed by atoms with van der Waals surface area (Å²) >= 11 is 0. The first-order valence-electron chi connectivity index (χ1n) is 8.77. The molecule has 1 aliphatic heterocycles. The fourth-order valence-electron chi connectivity index (χ4n) is 4.23. The summed E-state index contributed by atoms with van der Waals surface area (Å²) in [6, 6.07) is 0.202.